The first kappa shape index (κ1) is 40.1. The third-order valence-corrected chi connectivity index (χ3v) is 5.89. The lowest BCUT2D eigenvalue weighted by atomic mass is 9.91. The Kier molecular flexibility index (Phi) is 25.3. The number of hydrogen-bond acceptors (Lipinski definition) is 8. The number of amides is 1. The molecule has 1 aliphatic carbocycles. The van der Waals surface area contributed by atoms with E-state index in [1.165, 1.54) is 26.7 Å². The summed E-state index contributed by atoms with van der Waals surface area (Å²) < 4.78 is 15.3. The molecule has 0 aliphatic heterocycles. The molecule has 0 spiro atoms. The monoisotopic (exact) mass is 593 g/mol. The molecule has 1 amide bonds. The van der Waals surface area contributed by atoms with Crippen LogP contribution in [-0.2, 0) is 23.9 Å². The van der Waals surface area contributed by atoms with Crippen LogP contribution in [0.15, 0.2) is 42.0 Å². The van der Waals surface area contributed by atoms with Gasteiger partial charge in [0.15, 0.2) is 0 Å². The molecule has 0 fully saturated rings. The number of ketones is 1. The lowest BCUT2D eigenvalue weighted by molar-refractivity contribution is -0.141. The Morgan fingerprint density at radius 3 is 2.29 bits per heavy atom. The number of benzene rings is 1. The first-order valence-corrected chi connectivity index (χ1v) is 14.6. The number of thiol groups is 1. The van der Waals surface area contributed by atoms with Gasteiger partial charge in [0.2, 0.25) is 5.91 Å². The molecule has 8 nitrogen and oxygen atoms in total. The van der Waals surface area contributed by atoms with E-state index in [-0.39, 0.29) is 29.5 Å². The van der Waals surface area contributed by atoms with Gasteiger partial charge in [0.05, 0.1) is 7.11 Å². The summed E-state index contributed by atoms with van der Waals surface area (Å²) in [6.45, 7) is 14.1. The minimum Gasteiger partial charge on any atom is -0.496 e. The molecule has 2 rings (SSSR count). The average Bonchev–Trinajstić information content (AvgIpc) is 2.95. The highest BCUT2D eigenvalue weighted by Gasteiger charge is 2.07. The molecule has 2 unspecified atom stereocenters. The summed E-state index contributed by atoms with van der Waals surface area (Å²) in [6.07, 6.45) is 11.1. The minimum atomic E-state index is -0.301. The van der Waals surface area contributed by atoms with Gasteiger partial charge in [-0.25, -0.2) is 0 Å². The van der Waals surface area contributed by atoms with E-state index in [9.17, 15) is 14.4 Å². The summed E-state index contributed by atoms with van der Waals surface area (Å²) in [4.78, 5) is 41.2. The number of esters is 1. The predicted octanol–water partition coefficient (Wildman–Crippen LogP) is 6.25. The zero-order chi connectivity index (χ0) is 31.6. The molecule has 232 valence electrons. The van der Waals surface area contributed by atoms with Crippen molar-refractivity contribution in [2.75, 3.05) is 26.9 Å². The summed E-state index contributed by atoms with van der Waals surface area (Å²) >= 11 is 4.12. The Morgan fingerprint density at radius 2 is 1.80 bits per heavy atom. The van der Waals surface area contributed by atoms with Crippen molar-refractivity contribution in [3.05, 3.63) is 47.6 Å². The summed E-state index contributed by atoms with van der Waals surface area (Å²) in [5.74, 6) is 2.08. The summed E-state index contributed by atoms with van der Waals surface area (Å²) in [6, 6.07) is 5.58. The van der Waals surface area contributed by atoms with Gasteiger partial charge in [-0.3, -0.25) is 14.4 Å². The molecule has 0 saturated carbocycles. The predicted molar refractivity (Wildman–Crippen MR) is 169 cm³/mol. The van der Waals surface area contributed by atoms with Crippen LogP contribution in [0.4, 0.5) is 0 Å². The molecule has 1 aliphatic rings. The van der Waals surface area contributed by atoms with Crippen LogP contribution in [0, 0.1) is 12.8 Å². The van der Waals surface area contributed by atoms with Crippen LogP contribution in [0.1, 0.15) is 79.2 Å². The SMILES string of the molecule is CC=O.CCC(=O)CCC(=O)NCC(C)S.CCC1CC=CC=C1C.COc1cc(OCCOC(C)=O)ccc1C. The molecule has 1 N–H and O–H groups in total. The number of nitrogens with one attached hydrogen (secondary N) is 1. The van der Waals surface area contributed by atoms with Crippen molar-refractivity contribution in [1.29, 1.82) is 0 Å². The number of carbonyl (C=O) groups is 4. The van der Waals surface area contributed by atoms with Crippen LogP contribution in [-0.4, -0.2) is 56.1 Å². The number of allylic oxidation sites excluding steroid dienone is 4. The Bertz CT molecular complexity index is 957. The fourth-order valence-corrected chi connectivity index (χ4v) is 3.38. The minimum absolute atomic E-state index is 0.0669. The van der Waals surface area contributed by atoms with Gasteiger partial charge in [-0.15, -0.1) is 0 Å². The Hall–Kier alpha value is -3.07. The lowest BCUT2D eigenvalue weighted by Gasteiger charge is -2.15. The zero-order valence-electron chi connectivity index (χ0n) is 26.2. The van der Waals surface area contributed by atoms with Gasteiger partial charge in [-0.05, 0) is 51.2 Å². The van der Waals surface area contributed by atoms with Gasteiger partial charge in [-0.2, -0.15) is 12.6 Å². The van der Waals surface area contributed by atoms with Crippen LogP contribution in [0.2, 0.25) is 0 Å². The maximum atomic E-state index is 11.1. The quantitative estimate of drug-likeness (QED) is 0.128. The van der Waals surface area contributed by atoms with Crippen molar-refractivity contribution in [3.8, 4) is 11.5 Å². The molecular weight excluding hydrogens is 542 g/mol. The molecule has 0 bridgehead atoms. The maximum absolute atomic E-state index is 11.1. The van der Waals surface area contributed by atoms with Gasteiger partial charge in [-0.1, -0.05) is 50.6 Å². The molecular formula is C32H51NO7S. The van der Waals surface area contributed by atoms with Crippen LogP contribution in [0.3, 0.4) is 0 Å². The molecule has 1 aromatic rings. The third kappa shape index (κ3) is 23.3. The fraction of sp³-hybridized carbons (Fsp3) is 0.562. The van der Waals surface area contributed by atoms with Gasteiger partial charge >= 0.3 is 5.97 Å². The molecule has 0 aromatic heterocycles. The first-order chi connectivity index (χ1) is 19.4. The van der Waals surface area contributed by atoms with Gasteiger partial charge in [0, 0.05) is 44.0 Å². The highest BCUT2D eigenvalue weighted by Crippen LogP contribution is 2.24. The van der Waals surface area contributed by atoms with Crippen molar-refractivity contribution >= 4 is 36.6 Å². The van der Waals surface area contributed by atoms with E-state index in [4.69, 9.17) is 19.0 Å². The molecule has 2 atom stereocenters. The number of aryl methyl sites for hydroxylation is 1. The van der Waals surface area contributed by atoms with E-state index in [2.05, 4.69) is 50.0 Å². The van der Waals surface area contributed by atoms with Crippen LogP contribution in [0.5, 0.6) is 11.5 Å². The molecule has 0 saturated heterocycles. The Labute approximate surface area is 252 Å². The lowest BCUT2D eigenvalue weighted by Crippen LogP contribution is -2.28. The number of hydrogen-bond donors (Lipinski definition) is 2. The second-order valence-electron chi connectivity index (χ2n) is 9.28. The average molecular weight is 594 g/mol. The zero-order valence-corrected chi connectivity index (χ0v) is 27.1. The second-order valence-corrected chi connectivity index (χ2v) is 10.2. The van der Waals surface area contributed by atoms with Crippen molar-refractivity contribution in [2.45, 2.75) is 85.8 Å². The van der Waals surface area contributed by atoms with E-state index in [0.29, 0.717) is 38.2 Å². The summed E-state index contributed by atoms with van der Waals surface area (Å²) in [5, 5.41) is 2.85. The highest BCUT2D eigenvalue weighted by atomic mass is 32.1. The Balaban J connectivity index is 0. The van der Waals surface area contributed by atoms with Gasteiger partial charge in [0.1, 0.15) is 36.8 Å². The van der Waals surface area contributed by atoms with Gasteiger partial charge in [0.25, 0.3) is 0 Å². The molecule has 41 heavy (non-hydrogen) atoms. The summed E-state index contributed by atoms with van der Waals surface area (Å²) in [5.41, 5.74) is 2.59. The fourth-order valence-electron chi connectivity index (χ4n) is 3.29. The topological polar surface area (TPSA) is 108 Å². The largest absolute Gasteiger partial charge is 0.496 e. The van der Waals surface area contributed by atoms with Crippen LogP contribution >= 0.6 is 12.6 Å². The van der Waals surface area contributed by atoms with E-state index < -0.39 is 0 Å². The van der Waals surface area contributed by atoms with Crippen LogP contribution < -0.4 is 14.8 Å². The van der Waals surface area contributed by atoms with E-state index in [1.54, 1.807) is 19.6 Å². The Morgan fingerprint density at radius 1 is 1.15 bits per heavy atom. The number of ether oxygens (including phenoxy) is 3. The van der Waals surface area contributed by atoms with Crippen molar-refractivity contribution < 1.29 is 33.4 Å². The number of rotatable bonds is 12. The van der Waals surface area contributed by atoms with Gasteiger partial charge < -0.3 is 24.3 Å². The van der Waals surface area contributed by atoms with Crippen LogP contribution in [0.25, 0.3) is 0 Å². The molecule has 0 heterocycles. The van der Waals surface area contributed by atoms with Crippen molar-refractivity contribution in [3.63, 3.8) is 0 Å². The standard InChI is InChI=1S/C12H16O4.C9H17NO2S.C9H14.C2H4O/c1-9-4-5-11(8-12(9)14-3)16-7-6-15-10(2)13;1-3-8(11)4-5-9(12)10-6-7(2)13;1-3-9-7-5-4-6-8(9)2;1-2-3/h4-5,8H,6-7H2,1-3H3;7,13H,3-6H2,1-2H3,(H,10,12);4-6,9H,3,7H2,1-2H3;2H,1H3. The van der Waals surface area contributed by atoms with Crippen molar-refractivity contribution in [1.82, 2.24) is 5.32 Å². The molecule has 0 radical (unpaired) electrons. The number of carbonyl (C=O) groups excluding carboxylic acids is 4. The molecule has 9 heteroatoms. The molecule has 1 aromatic carbocycles. The normalized spacial score (nSPS) is 13.7. The van der Waals surface area contributed by atoms with E-state index in [1.807, 2.05) is 32.0 Å². The summed E-state index contributed by atoms with van der Waals surface area (Å²) in [7, 11) is 1.62. The third-order valence-electron chi connectivity index (χ3n) is 5.71. The smallest absolute Gasteiger partial charge is 0.302 e. The number of Topliss-reactive ketones (excluding diaryl/α,β-unsaturated/α-hetero) is 1. The second kappa shape index (κ2) is 25.9. The maximum Gasteiger partial charge on any atom is 0.302 e. The van der Waals surface area contributed by atoms with E-state index >= 15 is 0 Å². The number of methoxy groups -OCH3 is 1. The number of aldehydes is 1. The first-order valence-electron chi connectivity index (χ1n) is 14.1. The van der Waals surface area contributed by atoms with E-state index in [0.717, 1.165) is 23.5 Å². The van der Waals surface area contributed by atoms with Crippen molar-refractivity contribution in [2.24, 2.45) is 5.92 Å². The highest BCUT2D eigenvalue weighted by molar-refractivity contribution is 7.80.